The number of aryl methyl sites for hydroxylation is 1. The standard InChI is InChI=1S/C21H27N5O2/c1-14-3-4-19(24-13-14)25-17-11-18(12-17)28-21-20(22-7-8-23-21)16-5-9-26(10-6-16)15(2)27/h3-4,7-8,13,16-18H,5-6,9-12H2,1-2H3,(H,24,25)/t17-,18+. The van der Waals surface area contributed by atoms with Crippen LogP contribution in [0.2, 0.25) is 0 Å². The minimum Gasteiger partial charge on any atom is -0.473 e. The van der Waals surface area contributed by atoms with Crippen molar-refractivity contribution in [2.75, 3.05) is 18.4 Å². The van der Waals surface area contributed by atoms with Gasteiger partial charge in [-0.15, -0.1) is 0 Å². The number of pyridine rings is 1. The lowest BCUT2D eigenvalue weighted by molar-refractivity contribution is -0.129. The zero-order valence-electron chi connectivity index (χ0n) is 16.5. The van der Waals surface area contributed by atoms with E-state index >= 15 is 0 Å². The molecule has 3 heterocycles. The van der Waals surface area contributed by atoms with Gasteiger partial charge in [0.05, 0.1) is 0 Å². The van der Waals surface area contributed by atoms with Gasteiger partial charge in [0, 0.05) is 63.4 Å². The van der Waals surface area contributed by atoms with E-state index in [9.17, 15) is 4.79 Å². The molecule has 7 heteroatoms. The summed E-state index contributed by atoms with van der Waals surface area (Å²) in [6, 6.07) is 4.45. The molecule has 28 heavy (non-hydrogen) atoms. The van der Waals surface area contributed by atoms with Gasteiger partial charge in [-0.2, -0.15) is 0 Å². The highest BCUT2D eigenvalue weighted by atomic mass is 16.5. The second kappa shape index (κ2) is 8.12. The van der Waals surface area contributed by atoms with Crippen LogP contribution in [0.1, 0.15) is 49.8 Å². The molecule has 148 valence electrons. The van der Waals surface area contributed by atoms with E-state index < -0.39 is 0 Å². The van der Waals surface area contributed by atoms with Crippen LogP contribution in [0.5, 0.6) is 5.88 Å². The molecular formula is C21H27N5O2. The highest BCUT2D eigenvalue weighted by Gasteiger charge is 2.33. The molecule has 2 aromatic heterocycles. The molecular weight excluding hydrogens is 354 g/mol. The Labute approximate surface area is 165 Å². The number of nitrogens with one attached hydrogen (secondary N) is 1. The number of ether oxygens (including phenoxy) is 1. The van der Waals surface area contributed by atoms with E-state index in [1.54, 1.807) is 19.3 Å². The Morgan fingerprint density at radius 3 is 2.57 bits per heavy atom. The molecule has 0 unspecified atom stereocenters. The number of aromatic nitrogens is 3. The summed E-state index contributed by atoms with van der Waals surface area (Å²) in [4.78, 5) is 26.9. The molecule has 1 saturated carbocycles. The topological polar surface area (TPSA) is 80.2 Å². The minimum atomic E-state index is 0.144. The largest absolute Gasteiger partial charge is 0.473 e. The number of carbonyl (C=O) groups excluding carboxylic acids is 1. The lowest BCUT2D eigenvalue weighted by Crippen LogP contribution is -2.43. The fourth-order valence-corrected chi connectivity index (χ4v) is 3.87. The Morgan fingerprint density at radius 2 is 1.89 bits per heavy atom. The van der Waals surface area contributed by atoms with Crippen LogP contribution in [0.3, 0.4) is 0 Å². The van der Waals surface area contributed by atoms with Crippen molar-refractivity contribution in [3.63, 3.8) is 0 Å². The van der Waals surface area contributed by atoms with Gasteiger partial charge in [-0.1, -0.05) is 6.07 Å². The van der Waals surface area contributed by atoms with Gasteiger partial charge in [-0.3, -0.25) is 9.78 Å². The quantitative estimate of drug-likeness (QED) is 0.858. The summed E-state index contributed by atoms with van der Waals surface area (Å²) in [5.74, 6) is 2.00. The van der Waals surface area contributed by atoms with Crippen LogP contribution in [-0.2, 0) is 4.79 Å². The van der Waals surface area contributed by atoms with Crippen molar-refractivity contribution in [1.29, 1.82) is 0 Å². The zero-order chi connectivity index (χ0) is 19.5. The van der Waals surface area contributed by atoms with E-state index in [0.717, 1.165) is 55.8 Å². The molecule has 0 bridgehead atoms. The van der Waals surface area contributed by atoms with Crippen LogP contribution in [0, 0.1) is 6.92 Å². The molecule has 0 radical (unpaired) electrons. The van der Waals surface area contributed by atoms with Crippen LogP contribution in [0.25, 0.3) is 0 Å². The highest BCUT2D eigenvalue weighted by molar-refractivity contribution is 5.73. The van der Waals surface area contributed by atoms with Crippen molar-refractivity contribution >= 4 is 11.7 Å². The number of carbonyl (C=O) groups is 1. The van der Waals surface area contributed by atoms with Gasteiger partial charge >= 0.3 is 0 Å². The Hall–Kier alpha value is -2.70. The number of nitrogens with zero attached hydrogens (tertiary/aromatic N) is 4. The lowest BCUT2D eigenvalue weighted by Gasteiger charge is -2.36. The van der Waals surface area contributed by atoms with E-state index in [2.05, 4.69) is 26.3 Å². The van der Waals surface area contributed by atoms with Gasteiger partial charge in [0.25, 0.3) is 0 Å². The van der Waals surface area contributed by atoms with Crippen molar-refractivity contribution in [1.82, 2.24) is 19.9 Å². The maximum atomic E-state index is 11.5. The van der Waals surface area contributed by atoms with Crippen molar-refractivity contribution in [3.05, 3.63) is 42.0 Å². The predicted molar refractivity (Wildman–Crippen MR) is 106 cm³/mol. The minimum absolute atomic E-state index is 0.144. The SMILES string of the molecule is CC(=O)N1CCC(c2nccnc2O[C@H]2C[C@@H](Nc3ccc(C)cn3)C2)CC1. The van der Waals surface area contributed by atoms with Crippen molar-refractivity contribution in [3.8, 4) is 5.88 Å². The summed E-state index contributed by atoms with van der Waals surface area (Å²) in [6.07, 6.45) is 9.10. The molecule has 2 aliphatic rings. The number of anilines is 1. The third-order valence-corrected chi connectivity index (χ3v) is 5.65. The number of hydrogen-bond acceptors (Lipinski definition) is 6. The Balaban J connectivity index is 1.31. The lowest BCUT2D eigenvalue weighted by atomic mass is 9.89. The second-order valence-corrected chi connectivity index (χ2v) is 7.80. The number of likely N-dealkylation sites (tertiary alicyclic amines) is 1. The summed E-state index contributed by atoms with van der Waals surface area (Å²) in [5.41, 5.74) is 2.09. The number of piperidine rings is 1. The van der Waals surface area contributed by atoms with Crippen LogP contribution >= 0.6 is 0 Å². The molecule has 2 aromatic rings. The molecule has 4 rings (SSSR count). The Morgan fingerprint density at radius 1 is 1.14 bits per heavy atom. The third kappa shape index (κ3) is 4.24. The van der Waals surface area contributed by atoms with Gasteiger partial charge in [0.1, 0.15) is 17.6 Å². The van der Waals surface area contributed by atoms with E-state index in [-0.39, 0.29) is 12.0 Å². The predicted octanol–water partition coefficient (Wildman–Crippen LogP) is 2.93. The summed E-state index contributed by atoms with van der Waals surface area (Å²) in [6.45, 7) is 5.21. The van der Waals surface area contributed by atoms with Crippen molar-refractivity contribution in [2.24, 2.45) is 0 Å². The van der Waals surface area contributed by atoms with E-state index in [1.807, 2.05) is 24.1 Å². The summed E-state index contributed by atoms with van der Waals surface area (Å²) in [7, 11) is 0. The molecule has 0 aromatic carbocycles. The monoisotopic (exact) mass is 381 g/mol. The first-order chi connectivity index (χ1) is 13.6. The summed E-state index contributed by atoms with van der Waals surface area (Å²) < 4.78 is 6.18. The van der Waals surface area contributed by atoms with E-state index in [0.29, 0.717) is 17.8 Å². The average molecular weight is 381 g/mol. The normalized spacial score (nSPS) is 22.4. The van der Waals surface area contributed by atoms with Crippen LogP contribution in [0.4, 0.5) is 5.82 Å². The maximum Gasteiger partial charge on any atom is 0.236 e. The van der Waals surface area contributed by atoms with Crippen LogP contribution in [0.15, 0.2) is 30.7 Å². The first-order valence-corrected chi connectivity index (χ1v) is 10.0. The second-order valence-electron chi connectivity index (χ2n) is 7.80. The first kappa shape index (κ1) is 18.7. The van der Waals surface area contributed by atoms with Gasteiger partial charge in [-0.05, 0) is 31.4 Å². The van der Waals surface area contributed by atoms with Gasteiger partial charge < -0.3 is 15.0 Å². The van der Waals surface area contributed by atoms with Crippen LogP contribution in [-0.4, -0.2) is 51.0 Å². The number of rotatable bonds is 5. The van der Waals surface area contributed by atoms with Crippen molar-refractivity contribution < 1.29 is 9.53 Å². The number of hydrogen-bond donors (Lipinski definition) is 1. The van der Waals surface area contributed by atoms with Gasteiger partial charge in [0.15, 0.2) is 0 Å². The molecule has 0 spiro atoms. The molecule has 1 saturated heterocycles. The highest BCUT2D eigenvalue weighted by Crippen LogP contribution is 2.34. The smallest absolute Gasteiger partial charge is 0.236 e. The Kier molecular flexibility index (Phi) is 5.41. The maximum absolute atomic E-state index is 11.5. The first-order valence-electron chi connectivity index (χ1n) is 10.0. The van der Waals surface area contributed by atoms with Gasteiger partial charge in [-0.25, -0.2) is 9.97 Å². The van der Waals surface area contributed by atoms with E-state index in [1.165, 1.54) is 0 Å². The molecule has 1 N–H and O–H groups in total. The molecule has 7 nitrogen and oxygen atoms in total. The summed E-state index contributed by atoms with van der Waals surface area (Å²) in [5, 5.41) is 3.45. The zero-order valence-corrected chi connectivity index (χ0v) is 16.5. The molecule has 1 amide bonds. The molecule has 0 atom stereocenters. The van der Waals surface area contributed by atoms with Crippen LogP contribution < -0.4 is 10.1 Å². The average Bonchev–Trinajstić information content (AvgIpc) is 2.68. The summed E-state index contributed by atoms with van der Waals surface area (Å²) >= 11 is 0. The molecule has 2 fully saturated rings. The third-order valence-electron chi connectivity index (χ3n) is 5.65. The van der Waals surface area contributed by atoms with Gasteiger partial charge in [0.2, 0.25) is 11.8 Å². The Bertz CT molecular complexity index is 812. The number of amides is 1. The fourth-order valence-electron chi connectivity index (χ4n) is 3.87. The van der Waals surface area contributed by atoms with E-state index in [4.69, 9.17) is 4.74 Å². The van der Waals surface area contributed by atoms with Crippen molar-refractivity contribution in [2.45, 2.75) is 57.6 Å². The molecule has 1 aliphatic carbocycles. The molecule has 1 aliphatic heterocycles. The fraction of sp³-hybridized carbons (Fsp3) is 0.524.